The van der Waals surface area contributed by atoms with Crippen LogP contribution in [0.4, 0.5) is 0 Å². The van der Waals surface area contributed by atoms with E-state index < -0.39 is 5.60 Å². The molecule has 1 N–H and O–H groups in total. The fraction of sp³-hybridized carbons (Fsp3) is 1.00. The summed E-state index contributed by atoms with van der Waals surface area (Å²) in [7, 11) is 0. The summed E-state index contributed by atoms with van der Waals surface area (Å²) in [6.07, 6.45) is 0. The van der Waals surface area contributed by atoms with Crippen LogP contribution in [-0.4, -0.2) is 16.0 Å². The predicted molar refractivity (Wildman–Crippen MR) is 38.5 cm³/mol. The maximum Gasteiger partial charge on any atom is 0.0967 e. The molecule has 0 fully saturated rings. The highest BCUT2D eigenvalue weighted by molar-refractivity contribution is 6.40. The molecule has 0 rings (SSSR count). The lowest BCUT2D eigenvalue weighted by Crippen LogP contribution is -2.10. The smallest absolute Gasteiger partial charge is 0.0967 e. The van der Waals surface area contributed by atoms with Crippen molar-refractivity contribution in [1.82, 2.24) is 0 Å². The van der Waals surface area contributed by atoms with Gasteiger partial charge in [-0.1, -0.05) is 0 Å². The van der Waals surface area contributed by atoms with E-state index in [1.54, 1.807) is 20.8 Å². The van der Waals surface area contributed by atoms with Crippen LogP contribution in [0.15, 0.2) is 0 Å². The van der Waals surface area contributed by atoms with Gasteiger partial charge >= 0.3 is 0 Å². The summed E-state index contributed by atoms with van der Waals surface area (Å²) in [6.45, 7) is 5.23. The van der Waals surface area contributed by atoms with Crippen molar-refractivity contribution in [3.8, 4) is 0 Å². The Kier molecular flexibility index (Phi) is 8.05. The summed E-state index contributed by atoms with van der Waals surface area (Å²) in [6, 6.07) is 0. The molecule has 0 unspecified atom stereocenters. The van der Waals surface area contributed by atoms with Crippen molar-refractivity contribution in [3.63, 3.8) is 0 Å². The van der Waals surface area contributed by atoms with Crippen molar-refractivity contribution in [1.29, 1.82) is 0 Å². The number of hydrogen-bond acceptors (Lipinski definition) is 1. The number of aliphatic hydroxyl groups is 1. The molecule has 0 aliphatic carbocycles. The number of hydrogen-bond donors (Lipinski definition) is 1. The SMILES string of the molecule is CC(C)(C)O.ClCCl. The van der Waals surface area contributed by atoms with Crippen LogP contribution in [0, 0.1) is 0 Å². The van der Waals surface area contributed by atoms with Gasteiger partial charge in [0.05, 0.1) is 10.9 Å². The average molecular weight is 159 g/mol. The van der Waals surface area contributed by atoms with E-state index in [9.17, 15) is 0 Å². The summed E-state index contributed by atoms with van der Waals surface area (Å²) in [4.78, 5) is 0. The van der Waals surface area contributed by atoms with Gasteiger partial charge in [-0.15, -0.1) is 23.2 Å². The van der Waals surface area contributed by atoms with E-state index in [0.29, 0.717) is 0 Å². The minimum absolute atomic E-state index is 0.194. The van der Waals surface area contributed by atoms with E-state index in [4.69, 9.17) is 28.3 Å². The minimum Gasteiger partial charge on any atom is -0.391 e. The number of halogens is 2. The molecule has 0 aliphatic rings. The Balaban J connectivity index is 0. The molecule has 1 nitrogen and oxygen atoms in total. The fourth-order valence-corrected chi connectivity index (χ4v) is 0. The van der Waals surface area contributed by atoms with Crippen LogP contribution in [0.3, 0.4) is 0 Å². The minimum atomic E-state index is -0.500. The molecular formula is C5H12Cl2O. The second kappa shape index (κ2) is 5.67. The third-order valence-electron chi connectivity index (χ3n) is 0. The summed E-state index contributed by atoms with van der Waals surface area (Å²) in [5.74, 6) is 0. The summed E-state index contributed by atoms with van der Waals surface area (Å²) >= 11 is 9.53. The van der Waals surface area contributed by atoms with Crippen LogP contribution in [0.5, 0.6) is 0 Å². The van der Waals surface area contributed by atoms with Crippen LogP contribution in [0.25, 0.3) is 0 Å². The molecule has 0 saturated carbocycles. The molecule has 0 amide bonds. The van der Waals surface area contributed by atoms with E-state index in [-0.39, 0.29) is 5.34 Å². The van der Waals surface area contributed by atoms with Crippen molar-refractivity contribution in [3.05, 3.63) is 0 Å². The first-order chi connectivity index (χ1) is 3.41. The second-order valence-corrected chi connectivity index (χ2v) is 3.08. The molecule has 0 bridgehead atoms. The molecular weight excluding hydrogens is 147 g/mol. The molecule has 0 aromatic heterocycles. The summed E-state index contributed by atoms with van der Waals surface area (Å²) in [5.41, 5.74) is -0.500. The molecule has 0 spiro atoms. The molecule has 0 saturated heterocycles. The van der Waals surface area contributed by atoms with Crippen LogP contribution >= 0.6 is 23.2 Å². The van der Waals surface area contributed by atoms with Crippen molar-refractivity contribution < 1.29 is 5.11 Å². The van der Waals surface area contributed by atoms with Gasteiger partial charge in [-0.05, 0) is 20.8 Å². The zero-order valence-electron chi connectivity index (χ0n) is 5.41. The molecule has 3 heteroatoms. The van der Waals surface area contributed by atoms with Gasteiger partial charge in [-0.2, -0.15) is 0 Å². The van der Waals surface area contributed by atoms with E-state index in [1.807, 2.05) is 0 Å². The van der Waals surface area contributed by atoms with E-state index >= 15 is 0 Å². The standard InChI is InChI=1S/C4H10O.CH2Cl2/c1-4(2,3)5;2-1-3/h5H,1-3H3;1H2. The maximum absolute atomic E-state index is 8.52. The molecule has 52 valence electrons. The van der Waals surface area contributed by atoms with Crippen LogP contribution in [0.1, 0.15) is 20.8 Å². The Morgan fingerprint density at radius 3 is 1.25 bits per heavy atom. The van der Waals surface area contributed by atoms with Crippen LogP contribution < -0.4 is 0 Å². The van der Waals surface area contributed by atoms with Gasteiger partial charge in [-0.3, -0.25) is 0 Å². The van der Waals surface area contributed by atoms with Crippen molar-refractivity contribution in [2.75, 3.05) is 5.34 Å². The quantitative estimate of drug-likeness (QED) is 0.537. The molecule has 0 aromatic carbocycles. The first kappa shape index (κ1) is 11.4. The number of alkyl halides is 2. The van der Waals surface area contributed by atoms with E-state index in [1.165, 1.54) is 0 Å². The van der Waals surface area contributed by atoms with Crippen molar-refractivity contribution in [2.24, 2.45) is 0 Å². The molecule has 0 heterocycles. The third-order valence-corrected chi connectivity index (χ3v) is 0. The molecule has 0 radical (unpaired) electrons. The molecule has 0 atom stereocenters. The first-order valence-corrected chi connectivity index (χ1v) is 3.33. The lowest BCUT2D eigenvalue weighted by atomic mass is 10.2. The molecule has 0 aliphatic heterocycles. The monoisotopic (exact) mass is 158 g/mol. The Hall–Kier alpha value is 0.540. The van der Waals surface area contributed by atoms with Gasteiger partial charge in [0.15, 0.2) is 0 Å². The topological polar surface area (TPSA) is 20.2 Å². The third kappa shape index (κ3) is 688. The lowest BCUT2D eigenvalue weighted by molar-refractivity contribution is 0.102. The van der Waals surface area contributed by atoms with E-state index in [0.717, 1.165) is 0 Å². The second-order valence-electron chi connectivity index (χ2n) is 2.27. The van der Waals surface area contributed by atoms with Crippen LogP contribution in [0.2, 0.25) is 0 Å². The lowest BCUT2D eigenvalue weighted by Gasteiger charge is -2.04. The normalized spacial score (nSPS) is 9.75. The molecule has 8 heavy (non-hydrogen) atoms. The number of rotatable bonds is 0. The Morgan fingerprint density at radius 1 is 1.25 bits per heavy atom. The first-order valence-electron chi connectivity index (χ1n) is 2.26. The average Bonchev–Trinajstić information content (AvgIpc) is 1.27. The Bertz CT molecular complexity index is 34.2. The predicted octanol–water partition coefficient (Wildman–Crippen LogP) is 2.20. The van der Waals surface area contributed by atoms with Gasteiger partial charge < -0.3 is 5.11 Å². The zero-order valence-corrected chi connectivity index (χ0v) is 6.92. The highest BCUT2D eigenvalue weighted by Gasteiger charge is 1.97. The van der Waals surface area contributed by atoms with Crippen molar-refractivity contribution in [2.45, 2.75) is 26.4 Å². The highest BCUT2D eigenvalue weighted by atomic mass is 35.5. The largest absolute Gasteiger partial charge is 0.391 e. The Labute approximate surface area is 60.6 Å². The van der Waals surface area contributed by atoms with Crippen molar-refractivity contribution >= 4 is 23.2 Å². The van der Waals surface area contributed by atoms with Gasteiger partial charge in [-0.25, -0.2) is 0 Å². The van der Waals surface area contributed by atoms with Gasteiger partial charge in [0.1, 0.15) is 0 Å². The van der Waals surface area contributed by atoms with E-state index in [2.05, 4.69) is 0 Å². The zero-order chi connectivity index (χ0) is 7.21. The molecule has 0 aromatic rings. The summed E-state index contributed by atoms with van der Waals surface area (Å²) in [5, 5.41) is 8.72. The maximum atomic E-state index is 8.52. The van der Waals surface area contributed by atoms with Gasteiger partial charge in [0.2, 0.25) is 0 Å². The highest BCUT2D eigenvalue weighted by Crippen LogP contribution is 1.93. The fourth-order valence-electron chi connectivity index (χ4n) is 0. The summed E-state index contributed by atoms with van der Waals surface area (Å²) < 4.78 is 0. The Morgan fingerprint density at radius 2 is 1.25 bits per heavy atom. The van der Waals surface area contributed by atoms with Gasteiger partial charge in [0.25, 0.3) is 0 Å². The van der Waals surface area contributed by atoms with Gasteiger partial charge in [0, 0.05) is 0 Å². The van der Waals surface area contributed by atoms with Crippen LogP contribution in [-0.2, 0) is 0 Å².